The van der Waals surface area contributed by atoms with E-state index < -0.39 is 0 Å². The zero-order chi connectivity index (χ0) is 12.7. The Kier molecular flexibility index (Phi) is 3.04. The molecule has 1 saturated heterocycles. The number of nitrogens with one attached hydrogen (secondary N) is 1. The van der Waals surface area contributed by atoms with Gasteiger partial charge in [0.15, 0.2) is 0 Å². The van der Waals surface area contributed by atoms with Gasteiger partial charge in [-0.05, 0) is 42.5 Å². The second-order valence-electron chi connectivity index (χ2n) is 5.20. The molecule has 1 aromatic carbocycles. The molecular weight excluding hydrogens is 248 g/mol. The normalized spacial score (nSPS) is 26.8. The molecule has 96 valence electrons. The van der Waals surface area contributed by atoms with Gasteiger partial charge in [0.25, 0.3) is 0 Å². The Bertz CT molecular complexity index is 489. The van der Waals surface area contributed by atoms with E-state index in [1.54, 1.807) is 4.90 Å². The number of likely N-dealkylation sites (N-methyl/N-ethyl adjacent to an activating group) is 1. The van der Waals surface area contributed by atoms with E-state index in [0.717, 1.165) is 30.8 Å². The van der Waals surface area contributed by atoms with Crippen LogP contribution in [0.2, 0.25) is 5.02 Å². The molecule has 1 aliphatic carbocycles. The molecule has 18 heavy (non-hydrogen) atoms. The highest BCUT2D eigenvalue weighted by molar-refractivity contribution is 6.30. The van der Waals surface area contributed by atoms with E-state index in [9.17, 15) is 4.79 Å². The fourth-order valence-corrected chi connectivity index (χ4v) is 3.17. The summed E-state index contributed by atoms with van der Waals surface area (Å²) < 4.78 is 0. The third kappa shape index (κ3) is 2.02. The number of amides is 1. The minimum absolute atomic E-state index is 0.0124. The first kappa shape index (κ1) is 12.0. The third-order valence-electron chi connectivity index (χ3n) is 4.01. The van der Waals surface area contributed by atoms with Gasteiger partial charge in [-0.2, -0.15) is 0 Å². The zero-order valence-corrected chi connectivity index (χ0v) is 11.2. The Labute approximate surface area is 112 Å². The molecule has 0 bridgehead atoms. The van der Waals surface area contributed by atoms with Crippen LogP contribution in [-0.2, 0) is 11.2 Å². The van der Waals surface area contributed by atoms with E-state index in [0.29, 0.717) is 6.04 Å². The SMILES string of the molecule is CN1CC[C@H](N[C@H]2CCc3cc(Cl)ccc32)C1=O. The molecule has 0 unspecified atom stereocenters. The van der Waals surface area contributed by atoms with Crippen molar-refractivity contribution in [2.24, 2.45) is 0 Å². The number of fused-ring (bicyclic) bond motifs is 1. The molecule has 4 heteroatoms. The molecule has 3 rings (SSSR count). The molecule has 2 aliphatic rings. The number of halogens is 1. The van der Waals surface area contributed by atoms with Crippen molar-refractivity contribution in [3.8, 4) is 0 Å². The average molecular weight is 265 g/mol. The predicted octanol–water partition coefficient (Wildman–Crippen LogP) is 2.15. The van der Waals surface area contributed by atoms with E-state index >= 15 is 0 Å². The molecule has 1 N–H and O–H groups in total. The van der Waals surface area contributed by atoms with Crippen LogP contribution in [-0.4, -0.2) is 30.4 Å². The van der Waals surface area contributed by atoms with Crippen molar-refractivity contribution >= 4 is 17.5 Å². The van der Waals surface area contributed by atoms with Crippen LogP contribution in [0.5, 0.6) is 0 Å². The fourth-order valence-electron chi connectivity index (χ4n) is 2.98. The second-order valence-corrected chi connectivity index (χ2v) is 5.64. The molecule has 1 amide bonds. The van der Waals surface area contributed by atoms with Crippen molar-refractivity contribution < 1.29 is 4.79 Å². The molecule has 1 aromatic rings. The Morgan fingerprint density at radius 2 is 2.17 bits per heavy atom. The molecule has 1 heterocycles. The fraction of sp³-hybridized carbons (Fsp3) is 0.500. The Hall–Kier alpha value is -1.06. The lowest BCUT2D eigenvalue weighted by Crippen LogP contribution is -2.38. The summed E-state index contributed by atoms with van der Waals surface area (Å²) in [5.74, 6) is 0.220. The maximum atomic E-state index is 11.9. The molecule has 1 fully saturated rings. The number of likely N-dealkylation sites (tertiary alicyclic amines) is 1. The number of carbonyl (C=O) groups is 1. The summed E-state index contributed by atoms with van der Waals surface area (Å²) in [6.07, 6.45) is 3.02. The van der Waals surface area contributed by atoms with E-state index in [-0.39, 0.29) is 11.9 Å². The molecule has 2 atom stereocenters. The maximum absolute atomic E-state index is 11.9. The monoisotopic (exact) mass is 264 g/mol. The van der Waals surface area contributed by atoms with Gasteiger partial charge in [-0.1, -0.05) is 17.7 Å². The van der Waals surface area contributed by atoms with Gasteiger partial charge in [-0.15, -0.1) is 0 Å². The summed E-state index contributed by atoms with van der Waals surface area (Å²) in [7, 11) is 1.87. The van der Waals surface area contributed by atoms with Gasteiger partial charge in [0.2, 0.25) is 5.91 Å². The molecular formula is C14H17ClN2O. The van der Waals surface area contributed by atoms with Crippen LogP contribution in [0.3, 0.4) is 0 Å². The van der Waals surface area contributed by atoms with Gasteiger partial charge in [0.05, 0.1) is 6.04 Å². The molecule has 1 aliphatic heterocycles. The largest absolute Gasteiger partial charge is 0.344 e. The first-order valence-electron chi connectivity index (χ1n) is 6.44. The number of hydrogen-bond donors (Lipinski definition) is 1. The Morgan fingerprint density at radius 3 is 2.89 bits per heavy atom. The van der Waals surface area contributed by atoms with E-state index in [1.165, 1.54) is 11.1 Å². The van der Waals surface area contributed by atoms with Crippen molar-refractivity contribution in [1.29, 1.82) is 0 Å². The Morgan fingerprint density at radius 1 is 1.33 bits per heavy atom. The minimum atomic E-state index is -0.0124. The smallest absolute Gasteiger partial charge is 0.239 e. The summed E-state index contributed by atoms with van der Waals surface area (Å²) in [6.45, 7) is 0.858. The molecule has 0 aromatic heterocycles. The van der Waals surface area contributed by atoms with Crippen molar-refractivity contribution in [3.63, 3.8) is 0 Å². The van der Waals surface area contributed by atoms with E-state index in [2.05, 4.69) is 11.4 Å². The van der Waals surface area contributed by atoms with Crippen molar-refractivity contribution in [2.45, 2.75) is 31.3 Å². The highest BCUT2D eigenvalue weighted by Crippen LogP contribution is 2.33. The van der Waals surface area contributed by atoms with E-state index in [4.69, 9.17) is 11.6 Å². The topological polar surface area (TPSA) is 32.3 Å². The van der Waals surface area contributed by atoms with E-state index in [1.807, 2.05) is 19.2 Å². The Balaban J connectivity index is 1.75. The lowest BCUT2D eigenvalue weighted by Gasteiger charge is -2.18. The van der Waals surface area contributed by atoms with Gasteiger partial charge in [-0.25, -0.2) is 0 Å². The van der Waals surface area contributed by atoms with Crippen molar-refractivity contribution in [3.05, 3.63) is 34.3 Å². The van der Waals surface area contributed by atoms with Crippen LogP contribution in [0.15, 0.2) is 18.2 Å². The summed E-state index contributed by atoms with van der Waals surface area (Å²) >= 11 is 6.00. The maximum Gasteiger partial charge on any atom is 0.239 e. The van der Waals surface area contributed by atoms with Crippen molar-refractivity contribution in [2.75, 3.05) is 13.6 Å². The first-order chi connectivity index (χ1) is 8.65. The third-order valence-corrected chi connectivity index (χ3v) is 4.25. The van der Waals surface area contributed by atoms with Crippen LogP contribution in [0.25, 0.3) is 0 Å². The van der Waals surface area contributed by atoms with Gasteiger partial charge in [0, 0.05) is 24.7 Å². The standard InChI is InChI=1S/C14H17ClN2O/c1-17-7-6-13(14(17)18)16-12-5-2-9-8-10(15)3-4-11(9)12/h3-4,8,12-13,16H,2,5-7H2,1H3/t12-,13-/m0/s1. The van der Waals surface area contributed by atoms with Crippen LogP contribution >= 0.6 is 11.6 Å². The highest BCUT2D eigenvalue weighted by Gasteiger charge is 2.33. The van der Waals surface area contributed by atoms with Crippen LogP contribution in [0.4, 0.5) is 0 Å². The highest BCUT2D eigenvalue weighted by atomic mass is 35.5. The van der Waals surface area contributed by atoms with Crippen LogP contribution in [0.1, 0.15) is 30.0 Å². The van der Waals surface area contributed by atoms with Gasteiger partial charge in [-0.3, -0.25) is 10.1 Å². The number of benzene rings is 1. The zero-order valence-electron chi connectivity index (χ0n) is 10.4. The summed E-state index contributed by atoms with van der Waals surface area (Å²) in [4.78, 5) is 13.7. The molecule has 0 radical (unpaired) electrons. The summed E-state index contributed by atoms with van der Waals surface area (Å²) in [5, 5.41) is 4.30. The number of carbonyl (C=O) groups excluding carboxylic acids is 1. The molecule has 0 saturated carbocycles. The van der Waals surface area contributed by atoms with Gasteiger partial charge in [0.1, 0.15) is 0 Å². The predicted molar refractivity (Wildman–Crippen MR) is 71.7 cm³/mol. The van der Waals surface area contributed by atoms with Crippen molar-refractivity contribution in [1.82, 2.24) is 10.2 Å². The lowest BCUT2D eigenvalue weighted by atomic mass is 10.1. The lowest BCUT2D eigenvalue weighted by molar-refractivity contribution is -0.128. The average Bonchev–Trinajstić information content (AvgIpc) is 2.88. The number of hydrogen-bond acceptors (Lipinski definition) is 2. The number of aryl methyl sites for hydroxylation is 1. The van der Waals surface area contributed by atoms with Crippen LogP contribution in [0, 0.1) is 0 Å². The minimum Gasteiger partial charge on any atom is -0.344 e. The summed E-state index contributed by atoms with van der Waals surface area (Å²) in [5.41, 5.74) is 2.63. The van der Waals surface area contributed by atoms with Gasteiger partial charge >= 0.3 is 0 Å². The molecule has 3 nitrogen and oxygen atoms in total. The first-order valence-corrected chi connectivity index (χ1v) is 6.82. The van der Waals surface area contributed by atoms with Gasteiger partial charge < -0.3 is 4.90 Å². The number of rotatable bonds is 2. The van der Waals surface area contributed by atoms with Crippen LogP contribution < -0.4 is 5.32 Å². The molecule has 0 spiro atoms. The summed E-state index contributed by atoms with van der Waals surface area (Å²) in [6, 6.07) is 6.36. The second kappa shape index (κ2) is 4.56. The number of nitrogens with zero attached hydrogens (tertiary/aromatic N) is 1. The quantitative estimate of drug-likeness (QED) is 0.888.